The van der Waals surface area contributed by atoms with Crippen LogP contribution in [-0.2, 0) is 14.3 Å². The first kappa shape index (κ1) is 34.6. The molecule has 0 aliphatic carbocycles. The molecule has 0 saturated heterocycles. The second kappa shape index (κ2) is 25.2. The molecule has 0 N–H and O–H groups in total. The van der Waals surface area contributed by atoms with E-state index < -0.39 is 0 Å². The van der Waals surface area contributed by atoms with Crippen LogP contribution in [0.25, 0.3) is 0 Å². The van der Waals surface area contributed by atoms with E-state index in [0.29, 0.717) is 31.8 Å². The highest BCUT2D eigenvalue weighted by molar-refractivity contribution is 5.78. The van der Waals surface area contributed by atoms with Crippen LogP contribution in [0, 0.1) is 0 Å². The Balaban J connectivity index is 3.49. The van der Waals surface area contributed by atoms with E-state index in [0.717, 1.165) is 36.9 Å². The zero-order valence-electron chi connectivity index (χ0n) is 24.7. The zero-order chi connectivity index (χ0) is 26.0. The van der Waals surface area contributed by atoms with Gasteiger partial charge in [-0.1, -0.05) is 103 Å². The van der Waals surface area contributed by atoms with Gasteiger partial charge in [0, 0.05) is 26.1 Å². The van der Waals surface area contributed by atoms with Crippen LogP contribution in [0.3, 0.4) is 0 Å². The van der Waals surface area contributed by atoms with E-state index in [1.165, 1.54) is 96.3 Å². The van der Waals surface area contributed by atoms with Gasteiger partial charge in [-0.15, -0.1) is 0 Å². The van der Waals surface area contributed by atoms with Crippen LogP contribution < -0.4 is 0 Å². The molecule has 0 aliphatic rings. The highest BCUT2D eigenvalue weighted by atomic mass is 16.5. The highest BCUT2D eigenvalue weighted by Crippen LogP contribution is 2.14. The van der Waals surface area contributed by atoms with Crippen molar-refractivity contribution in [2.75, 3.05) is 47.5 Å². The van der Waals surface area contributed by atoms with Gasteiger partial charge < -0.3 is 14.0 Å². The summed E-state index contributed by atoms with van der Waals surface area (Å²) in [6, 6.07) is 0. The standard InChI is InChI=1S/C31H64NO3/c1-6-8-9-10-11-12-13-14-15-16-17-18-19-20-21-24-27-34-29-31(35-7-2)28-30(33)25-22-23-26-32(3,4)5/h31H,6-29H2,1-5H3/q+1. The molecule has 0 bridgehead atoms. The van der Waals surface area contributed by atoms with E-state index in [1.54, 1.807) is 0 Å². The van der Waals surface area contributed by atoms with Gasteiger partial charge in [0.15, 0.2) is 0 Å². The van der Waals surface area contributed by atoms with Gasteiger partial charge >= 0.3 is 0 Å². The van der Waals surface area contributed by atoms with E-state index >= 15 is 0 Å². The highest BCUT2D eigenvalue weighted by Gasteiger charge is 2.15. The topological polar surface area (TPSA) is 35.5 Å². The number of ketones is 1. The SMILES string of the molecule is CCCCCCCCCCCCCCCCCCOCC(CC(=O)CCCC[N+](C)(C)C)OCC. The number of nitrogens with zero attached hydrogens (tertiary/aromatic N) is 1. The third-order valence-corrected chi connectivity index (χ3v) is 6.84. The van der Waals surface area contributed by atoms with Crippen molar-refractivity contribution in [3.05, 3.63) is 0 Å². The van der Waals surface area contributed by atoms with Gasteiger partial charge in [-0.05, 0) is 26.2 Å². The van der Waals surface area contributed by atoms with Gasteiger partial charge in [0.1, 0.15) is 5.78 Å². The molecule has 0 aromatic rings. The molecule has 0 aromatic carbocycles. The van der Waals surface area contributed by atoms with Gasteiger partial charge in [-0.25, -0.2) is 0 Å². The molecule has 0 fully saturated rings. The number of carbonyl (C=O) groups excluding carboxylic acids is 1. The van der Waals surface area contributed by atoms with Crippen LogP contribution in [0.4, 0.5) is 0 Å². The largest absolute Gasteiger partial charge is 0.379 e. The van der Waals surface area contributed by atoms with Crippen molar-refractivity contribution in [2.24, 2.45) is 0 Å². The fourth-order valence-corrected chi connectivity index (χ4v) is 4.63. The first-order valence-electron chi connectivity index (χ1n) is 15.4. The number of Topliss-reactive ketones (excluding diaryl/α,β-unsaturated/α-hetero) is 1. The summed E-state index contributed by atoms with van der Waals surface area (Å²) in [6.07, 6.45) is 25.3. The average Bonchev–Trinajstić information content (AvgIpc) is 2.80. The number of carbonyl (C=O) groups is 1. The summed E-state index contributed by atoms with van der Waals surface area (Å²) in [4.78, 5) is 12.3. The first-order valence-corrected chi connectivity index (χ1v) is 15.4. The third kappa shape index (κ3) is 28.0. The lowest BCUT2D eigenvalue weighted by molar-refractivity contribution is -0.870. The lowest BCUT2D eigenvalue weighted by Gasteiger charge is -2.23. The zero-order valence-corrected chi connectivity index (χ0v) is 24.7. The molecule has 1 atom stereocenters. The Morgan fingerprint density at radius 2 is 1.14 bits per heavy atom. The molecule has 0 spiro atoms. The quantitative estimate of drug-likeness (QED) is 0.0801. The Morgan fingerprint density at radius 1 is 0.657 bits per heavy atom. The maximum atomic E-state index is 12.3. The van der Waals surface area contributed by atoms with Crippen molar-refractivity contribution in [1.82, 2.24) is 0 Å². The van der Waals surface area contributed by atoms with Crippen molar-refractivity contribution in [3.8, 4) is 0 Å². The van der Waals surface area contributed by atoms with E-state index in [9.17, 15) is 4.79 Å². The van der Waals surface area contributed by atoms with E-state index in [2.05, 4.69) is 28.1 Å². The maximum absolute atomic E-state index is 12.3. The molecule has 210 valence electrons. The minimum Gasteiger partial charge on any atom is -0.379 e. The Bertz CT molecular complexity index is 447. The number of ether oxygens (including phenoxy) is 2. The molecule has 0 heterocycles. The summed E-state index contributed by atoms with van der Waals surface area (Å²) in [5.74, 6) is 0.316. The third-order valence-electron chi connectivity index (χ3n) is 6.84. The Labute approximate surface area is 220 Å². The molecule has 1 unspecified atom stereocenters. The van der Waals surface area contributed by atoms with E-state index in [1.807, 2.05) is 6.92 Å². The molecule has 0 aliphatic heterocycles. The number of hydrogen-bond donors (Lipinski definition) is 0. The average molecular weight is 499 g/mol. The second-order valence-corrected chi connectivity index (χ2v) is 11.7. The summed E-state index contributed by atoms with van der Waals surface area (Å²) in [7, 11) is 6.59. The molecule has 0 rings (SSSR count). The van der Waals surface area contributed by atoms with Crippen molar-refractivity contribution in [3.63, 3.8) is 0 Å². The van der Waals surface area contributed by atoms with Crippen molar-refractivity contribution >= 4 is 5.78 Å². The van der Waals surface area contributed by atoms with Crippen LogP contribution in [0.15, 0.2) is 0 Å². The molecular formula is C31H64NO3+. The van der Waals surface area contributed by atoms with Crippen LogP contribution in [0.5, 0.6) is 0 Å². The first-order chi connectivity index (χ1) is 16.9. The van der Waals surface area contributed by atoms with Crippen LogP contribution in [0.2, 0.25) is 0 Å². The Hall–Kier alpha value is -0.450. The second-order valence-electron chi connectivity index (χ2n) is 11.7. The molecule has 4 nitrogen and oxygen atoms in total. The molecule has 0 aromatic heterocycles. The lowest BCUT2D eigenvalue weighted by Crippen LogP contribution is -2.35. The predicted octanol–water partition coefficient (Wildman–Crippen LogP) is 8.51. The number of quaternary nitrogens is 1. The lowest BCUT2D eigenvalue weighted by atomic mass is 10.0. The van der Waals surface area contributed by atoms with Crippen molar-refractivity contribution in [1.29, 1.82) is 0 Å². The van der Waals surface area contributed by atoms with Gasteiger partial charge in [0.05, 0.1) is 40.4 Å². The number of hydrogen-bond acceptors (Lipinski definition) is 3. The molecule has 0 saturated carbocycles. The smallest absolute Gasteiger partial charge is 0.135 e. The number of rotatable bonds is 28. The van der Waals surface area contributed by atoms with Gasteiger partial charge in [-0.3, -0.25) is 4.79 Å². The molecule has 0 amide bonds. The molecule has 35 heavy (non-hydrogen) atoms. The predicted molar refractivity (Wildman–Crippen MR) is 152 cm³/mol. The fourth-order valence-electron chi connectivity index (χ4n) is 4.63. The normalized spacial score (nSPS) is 12.8. The summed E-state index contributed by atoms with van der Waals surface area (Å²) >= 11 is 0. The number of unbranched alkanes of at least 4 members (excludes halogenated alkanes) is 16. The van der Waals surface area contributed by atoms with Crippen molar-refractivity contribution < 1.29 is 18.8 Å². The van der Waals surface area contributed by atoms with Crippen LogP contribution in [-0.4, -0.2) is 63.9 Å². The van der Waals surface area contributed by atoms with Crippen LogP contribution >= 0.6 is 0 Å². The minimum atomic E-state index is -0.0769. The molecule has 0 radical (unpaired) electrons. The summed E-state index contributed by atoms with van der Waals surface area (Å²) in [5.41, 5.74) is 0. The summed E-state index contributed by atoms with van der Waals surface area (Å²) in [5, 5.41) is 0. The van der Waals surface area contributed by atoms with Crippen molar-refractivity contribution in [2.45, 2.75) is 148 Å². The monoisotopic (exact) mass is 498 g/mol. The summed E-state index contributed by atoms with van der Waals surface area (Å²) in [6.45, 7) is 7.38. The molecule has 4 heteroatoms. The Morgan fingerprint density at radius 3 is 1.60 bits per heavy atom. The van der Waals surface area contributed by atoms with Gasteiger partial charge in [0.25, 0.3) is 0 Å². The molecular weight excluding hydrogens is 434 g/mol. The van der Waals surface area contributed by atoms with Crippen LogP contribution in [0.1, 0.15) is 142 Å². The fraction of sp³-hybridized carbons (Fsp3) is 0.968. The maximum Gasteiger partial charge on any atom is 0.135 e. The van der Waals surface area contributed by atoms with Gasteiger partial charge in [-0.2, -0.15) is 0 Å². The van der Waals surface area contributed by atoms with E-state index in [-0.39, 0.29) is 6.10 Å². The van der Waals surface area contributed by atoms with Gasteiger partial charge in [0.2, 0.25) is 0 Å². The van der Waals surface area contributed by atoms with E-state index in [4.69, 9.17) is 9.47 Å². The summed E-state index contributed by atoms with van der Waals surface area (Å²) < 4.78 is 12.6. The Kier molecular flexibility index (Phi) is 24.9. The minimum absolute atomic E-state index is 0.0769.